The van der Waals surface area contributed by atoms with Gasteiger partial charge >= 0.3 is 0 Å². The number of hydrogen-bond donors (Lipinski definition) is 1. The van der Waals surface area contributed by atoms with Crippen molar-refractivity contribution in [2.24, 2.45) is 0 Å². The van der Waals surface area contributed by atoms with Gasteiger partial charge in [0.15, 0.2) is 11.5 Å². The van der Waals surface area contributed by atoms with Gasteiger partial charge in [-0.3, -0.25) is 9.59 Å². The summed E-state index contributed by atoms with van der Waals surface area (Å²) in [4.78, 5) is 34.9. The van der Waals surface area contributed by atoms with Crippen LogP contribution in [0.4, 0.5) is 0 Å². The van der Waals surface area contributed by atoms with Gasteiger partial charge in [-0.1, -0.05) is 42.5 Å². The third-order valence-corrected chi connectivity index (χ3v) is 7.67. The number of fused-ring (bicyclic) bond motifs is 5. The molecule has 3 aromatic carbocycles. The lowest BCUT2D eigenvalue weighted by Gasteiger charge is -2.47. The number of hydrogen-bond acceptors (Lipinski definition) is 5. The summed E-state index contributed by atoms with van der Waals surface area (Å²) in [5, 5.41) is 1.08. The number of benzene rings is 3. The van der Waals surface area contributed by atoms with Crippen LogP contribution in [0.1, 0.15) is 35.3 Å². The van der Waals surface area contributed by atoms with Gasteiger partial charge in [-0.25, -0.2) is 0 Å². The summed E-state index contributed by atoms with van der Waals surface area (Å²) in [5.74, 6) is 1.92. The molecule has 1 fully saturated rings. The molecule has 2 atom stereocenters. The largest absolute Gasteiger partial charge is 0.494 e. The molecule has 8 heteroatoms. The number of aromatic amines is 1. The van der Waals surface area contributed by atoms with Crippen molar-refractivity contribution in [3.05, 3.63) is 89.1 Å². The van der Waals surface area contributed by atoms with Gasteiger partial charge in [0.05, 0.1) is 6.61 Å². The zero-order chi connectivity index (χ0) is 25.8. The molecule has 7 rings (SSSR count). The molecule has 0 unspecified atom stereocenters. The van der Waals surface area contributed by atoms with Crippen molar-refractivity contribution in [1.29, 1.82) is 0 Å². The SMILES string of the molecule is CCOc1ccccc1[C@H]1c2[nH]c3ccccc3c2C[C@H]2C(=O)N(Cc3ccc4c(c3)OCO4)CC(=O)N12. The maximum absolute atomic E-state index is 14.0. The highest BCUT2D eigenvalue weighted by atomic mass is 16.7. The Balaban J connectivity index is 1.31. The first-order valence-electron chi connectivity index (χ1n) is 12.9. The van der Waals surface area contributed by atoms with Crippen LogP contribution in [0.5, 0.6) is 17.2 Å². The van der Waals surface area contributed by atoms with Crippen molar-refractivity contribution in [3.8, 4) is 17.2 Å². The highest BCUT2D eigenvalue weighted by Crippen LogP contribution is 2.45. The molecule has 0 saturated carbocycles. The van der Waals surface area contributed by atoms with Crippen LogP contribution >= 0.6 is 0 Å². The number of H-pyrrole nitrogens is 1. The van der Waals surface area contributed by atoms with Crippen LogP contribution in [0.2, 0.25) is 0 Å². The highest BCUT2D eigenvalue weighted by molar-refractivity contribution is 5.97. The molecule has 0 bridgehead atoms. The minimum Gasteiger partial charge on any atom is -0.494 e. The number of piperazine rings is 1. The highest BCUT2D eigenvalue weighted by Gasteiger charge is 2.48. The third kappa shape index (κ3) is 3.51. The van der Waals surface area contributed by atoms with Crippen LogP contribution in [-0.4, -0.2) is 52.6 Å². The standard InChI is InChI=1S/C30H27N3O5/c1-2-36-24-10-6-4-8-20(24)29-28-21(19-7-3-5-9-22(19)31-28)14-23-30(35)32(16-27(34)33(23)29)15-18-11-12-25-26(13-18)38-17-37-25/h3-13,23,29,31H,2,14-17H2,1H3/t23-,29-/m0/s1. The number of carbonyl (C=O) groups excluding carboxylic acids is 2. The molecule has 38 heavy (non-hydrogen) atoms. The quantitative estimate of drug-likeness (QED) is 0.436. The molecular weight excluding hydrogens is 482 g/mol. The van der Waals surface area contributed by atoms with E-state index >= 15 is 0 Å². The first kappa shape index (κ1) is 22.7. The van der Waals surface area contributed by atoms with E-state index in [9.17, 15) is 9.59 Å². The second kappa shape index (κ2) is 8.83. The number of ether oxygens (including phenoxy) is 3. The van der Waals surface area contributed by atoms with E-state index in [1.54, 1.807) is 9.80 Å². The number of nitrogens with zero attached hydrogens (tertiary/aromatic N) is 2. The summed E-state index contributed by atoms with van der Waals surface area (Å²) in [7, 11) is 0. The predicted octanol–water partition coefficient (Wildman–Crippen LogP) is 4.18. The zero-order valence-electron chi connectivity index (χ0n) is 21.0. The van der Waals surface area contributed by atoms with E-state index < -0.39 is 12.1 Å². The maximum Gasteiger partial charge on any atom is 0.246 e. The second-order valence-electron chi connectivity index (χ2n) is 9.84. The van der Waals surface area contributed by atoms with Gasteiger partial charge in [-0.05, 0) is 42.3 Å². The van der Waals surface area contributed by atoms with Gasteiger partial charge < -0.3 is 29.0 Å². The Morgan fingerprint density at radius 3 is 2.71 bits per heavy atom. The van der Waals surface area contributed by atoms with E-state index in [2.05, 4.69) is 11.1 Å². The summed E-state index contributed by atoms with van der Waals surface area (Å²) in [6.45, 7) is 2.97. The molecule has 4 aromatic rings. The Kier molecular flexibility index (Phi) is 5.28. The molecular formula is C30H27N3O5. The summed E-state index contributed by atoms with van der Waals surface area (Å²) < 4.78 is 16.9. The first-order chi connectivity index (χ1) is 18.6. The lowest BCUT2D eigenvalue weighted by Crippen LogP contribution is -2.62. The fraction of sp³-hybridized carbons (Fsp3) is 0.267. The van der Waals surface area contributed by atoms with E-state index in [1.807, 2.05) is 67.6 Å². The van der Waals surface area contributed by atoms with Crippen LogP contribution in [0, 0.1) is 0 Å². The Bertz CT molecular complexity index is 1580. The molecule has 2 amide bonds. The summed E-state index contributed by atoms with van der Waals surface area (Å²) in [6, 6.07) is 20.5. The Morgan fingerprint density at radius 2 is 1.82 bits per heavy atom. The summed E-state index contributed by atoms with van der Waals surface area (Å²) in [6.07, 6.45) is 0.453. The lowest BCUT2D eigenvalue weighted by molar-refractivity contribution is -0.159. The van der Waals surface area contributed by atoms with Crippen LogP contribution in [0.25, 0.3) is 10.9 Å². The monoisotopic (exact) mass is 509 g/mol. The van der Waals surface area contributed by atoms with E-state index in [1.165, 1.54) is 0 Å². The molecule has 4 heterocycles. The average molecular weight is 510 g/mol. The average Bonchev–Trinajstić information content (AvgIpc) is 3.55. The van der Waals surface area contributed by atoms with Crippen molar-refractivity contribution in [3.63, 3.8) is 0 Å². The van der Waals surface area contributed by atoms with Gasteiger partial charge in [0.2, 0.25) is 18.6 Å². The molecule has 1 N–H and O–H groups in total. The number of aromatic nitrogens is 1. The third-order valence-electron chi connectivity index (χ3n) is 7.67. The molecule has 0 radical (unpaired) electrons. The fourth-order valence-corrected chi connectivity index (χ4v) is 6.03. The Morgan fingerprint density at radius 1 is 1.00 bits per heavy atom. The van der Waals surface area contributed by atoms with E-state index in [0.717, 1.165) is 33.3 Å². The van der Waals surface area contributed by atoms with Gasteiger partial charge in [-0.2, -0.15) is 0 Å². The zero-order valence-corrected chi connectivity index (χ0v) is 21.0. The summed E-state index contributed by atoms with van der Waals surface area (Å²) >= 11 is 0. The van der Waals surface area contributed by atoms with Crippen LogP contribution in [-0.2, 0) is 22.6 Å². The molecule has 1 saturated heterocycles. The van der Waals surface area contributed by atoms with Gasteiger partial charge in [-0.15, -0.1) is 0 Å². The minimum absolute atomic E-state index is 0.00659. The smallest absolute Gasteiger partial charge is 0.246 e. The van der Waals surface area contributed by atoms with Crippen LogP contribution in [0.3, 0.4) is 0 Å². The predicted molar refractivity (Wildman–Crippen MR) is 140 cm³/mol. The molecule has 0 aliphatic carbocycles. The molecule has 1 aromatic heterocycles. The van der Waals surface area contributed by atoms with Gasteiger partial charge in [0.1, 0.15) is 24.4 Å². The Labute approximate surface area is 219 Å². The molecule has 0 spiro atoms. The molecule has 3 aliphatic heterocycles. The van der Waals surface area contributed by atoms with Crippen molar-refractivity contribution in [2.75, 3.05) is 19.9 Å². The van der Waals surface area contributed by atoms with Gasteiger partial charge in [0, 0.05) is 35.1 Å². The van der Waals surface area contributed by atoms with Gasteiger partial charge in [0.25, 0.3) is 0 Å². The Hall–Kier alpha value is -4.46. The van der Waals surface area contributed by atoms with Crippen molar-refractivity contribution in [1.82, 2.24) is 14.8 Å². The summed E-state index contributed by atoms with van der Waals surface area (Å²) in [5.41, 5.74) is 4.78. The maximum atomic E-state index is 14.0. The van der Waals surface area contributed by atoms with E-state index in [0.29, 0.717) is 36.8 Å². The topological polar surface area (TPSA) is 84.1 Å². The molecule has 3 aliphatic rings. The number of para-hydroxylation sites is 2. The van der Waals surface area contributed by atoms with Crippen molar-refractivity contribution >= 4 is 22.7 Å². The van der Waals surface area contributed by atoms with Crippen LogP contribution < -0.4 is 14.2 Å². The first-order valence-corrected chi connectivity index (χ1v) is 12.9. The number of nitrogens with one attached hydrogen (secondary N) is 1. The number of amides is 2. The lowest BCUT2D eigenvalue weighted by atomic mass is 9.85. The molecule has 192 valence electrons. The second-order valence-corrected chi connectivity index (χ2v) is 9.84. The fourth-order valence-electron chi connectivity index (χ4n) is 6.03. The number of rotatable bonds is 5. The van der Waals surface area contributed by atoms with Crippen LogP contribution in [0.15, 0.2) is 66.7 Å². The van der Waals surface area contributed by atoms with E-state index in [-0.39, 0.29) is 25.2 Å². The van der Waals surface area contributed by atoms with E-state index in [4.69, 9.17) is 14.2 Å². The van der Waals surface area contributed by atoms with Crippen molar-refractivity contribution < 1.29 is 23.8 Å². The number of carbonyl (C=O) groups is 2. The minimum atomic E-state index is -0.614. The normalized spacial score (nSPS) is 20.0. The molecule has 8 nitrogen and oxygen atoms in total. The van der Waals surface area contributed by atoms with Crippen molar-refractivity contribution in [2.45, 2.75) is 32.0 Å².